The van der Waals surface area contributed by atoms with E-state index in [1.807, 2.05) is 0 Å². The molecule has 1 aliphatic rings. The Morgan fingerprint density at radius 3 is 1.96 bits per heavy atom. The van der Waals surface area contributed by atoms with E-state index in [4.69, 9.17) is 28.4 Å². The summed E-state index contributed by atoms with van der Waals surface area (Å²) in [6.45, 7) is 3.48. The predicted octanol–water partition coefficient (Wildman–Crippen LogP) is 1.23. The molecule has 1 fully saturated rings. The van der Waals surface area contributed by atoms with Gasteiger partial charge >= 0.3 is 17.9 Å². The quantitative estimate of drug-likeness (QED) is 0.508. The number of hydrogen-bond donors (Lipinski definition) is 0. The molecule has 0 bridgehead atoms. The van der Waals surface area contributed by atoms with Crippen LogP contribution in [0.2, 0.25) is 0 Å². The zero-order valence-corrected chi connectivity index (χ0v) is 15.5. The first-order valence-electron chi connectivity index (χ1n) is 8.24. The van der Waals surface area contributed by atoms with Crippen LogP contribution in [0, 0.1) is 0 Å². The SMILES string of the molecule is COc1ccc(O[C@@H]2O[C@H](COC(C)=O)[C@@H](OC(C)=O)[C@H]2OC(C)=O)cc1. The number of ether oxygens (including phenoxy) is 6. The molecule has 1 aromatic carbocycles. The standard InChI is InChI=1S/C18H22O9/c1-10(19)23-9-15-16(24-11(2)20)17(25-12(3)21)18(27-15)26-14-7-5-13(22-4)6-8-14/h5-8,15-18H,9H2,1-4H3/t15-,16-,17-,18-/m1/s1. The highest BCUT2D eigenvalue weighted by Gasteiger charge is 2.51. The smallest absolute Gasteiger partial charge is 0.303 e. The molecule has 1 saturated heterocycles. The van der Waals surface area contributed by atoms with Crippen LogP contribution in [-0.2, 0) is 33.3 Å². The van der Waals surface area contributed by atoms with Crippen LogP contribution >= 0.6 is 0 Å². The van der Waals surface area contributed by atoms with Gasteiger partial charge in [0.25, 0.3) is 0 Å². The normalized spacial score (nSPS) is 24.0. The first-order chi connectivity index (χ1) is 12.8. The molecule has 9 nitrogen and oxygen atoms in total. The first kappa shape index (κ1) is 20.5. The topological polar surface area (TPSA) is 107 Å². The summed E-state index contributed by atoms with van der Waals surface area (Å²) in [6.07, 6.45) is -3.94. The number of rotatable bonds is 7. The summed E-state index contributed by atoms with van der Waals surface area (Å²) in [4.78, 5) is 34.1. The zero-order chi connectivity index (χ0) is 20.0. The van der Waals surface area contributed by atoms with E-state index in [9.17, 15) is 14.4 Å². The van der Waals surface area contributed by atoms with Gasteiger partial charge in [-0.25, -0.2) is 0 Å². The molecule has 1 aliphatic heterocycles. The van der Waals surface area contributed by atoms with Gasteiger partial charge in [0.2, 0.25) is 12.4 Å². The van der Waals surface area contributed by atoms with Gasteiger partial charge in [0.15, 0.2) is 6.10 Å². The van der Waals surface area contributed by atoms with Gasteiger partial charge in [-0.1, -0.05) is 0 Å². The van der Waals surface area contributed by atoms with Crippen molar-refractivity contribution in [1.82, 2.24) is 0 Å². The molecule has 2 rings (SSSR count). The van der Waals surface area contributed by atoms with Crippen molar-refractivity contribution in [2.24, 2.45) is 0 Å². The minimum atomic E-state index is -1.06. The van der Waals surface area contributed by atoms with Crippen molar-refractivity contribution in [3.8, 4) is 11.5 Å². The molecule has 4 atom stereocenters. The lowest BCUT2D eigenvalue weighted by atomic mass is 10.1. The Kier molecular flexibility index (Phi) is 7.00. The highest BCUT2D eigenvalue weighted by atomic mass is 16.7. The van der Waals surface area contributed by atoms with Crippen molar-refractivity contribution < 1.29 is 42.8 Å². The molecule has 1 heterocycles. The third-order valence-electron chi connectivity index (χ3n) is 3.63. The Morgan fingerprint density at radius 1 is 0.889 bits per heavy atom. The van der Waals surface area contributed by atoms with Gasteiger partial charge in [-0.15, -0.1) is 0 Å². The van der Waals surface area contributed by atoms with E-state index >= 15 is 0 Å². The van der Waals surface area contributed by atoms with Crippen molar-refractivity contribution in [1.29, 1.82) is 0 Å². The van der Waals surface area contributed by atoms with Crippen LogP contribution in [0.3, 0.4) is 0 Å². The summed E-state index contributed by atoms with van der Waals surface area (Å²) in [6, 6.07) is 6.66. The Labute approximate surface area is 156 Å². The Hall–Kier alpha value is -2.81. The lowest BCUT2D eigenvalue weighted by molar-refractivity contribution is -0.170. The Morgan fingerprint density at radius 2 is 1.44 bits per heavy atom. The molecule has 0 N–H and O–H groups in total. The van der Waals surface area contributed by atoms with E-state index in [1.165, 1.54) is 27.9 Å². The van der Waals surface area contributed by atoms with Crippen LogP contribution in [0.1, 0.15) is 20.8 Å². The van der Waals surface area contributed by atoms with Crippen LogP contribution < -0.4 is 9.47 Å². The van der Waals surface area contributed by atoms with E-state index in [0.29, 0.717) is 11.5 Å². The molecule has 9 heteroatoms. The Balaban J connectivity index is 2.21. The zero-order valence-electron chi connectivity index (χ0n) is 15.5. The van der Waals surface area contributed by atoms with Gasteiger partial charge in [-0.3, -0.25) is 14.4 Å². The van der Waals surface area contributed by atoms with E-state index in [-0.39, 0.29) is 6.61 Å². The van der Waals surface area contributed by atoms with Crippen molar-refractivity contribution in [3.05, 3.63) is 24.3 Å². The molecule has 0 aliphatic carbocycles. The van der Waals surface area contributed by atoms with Crippen LogP contribution in [0.15, 0.2) is 24.3 Å². The number of carbonyl (C=O) groups is 3. The van der Waals surface area contributed by atoms with Gasteiger partial charge in [0.05, 0.1) is 7.11 Å². The highest BCUT2D eigenvalue weighted by molar-refractivity contribution is 5.68. The minimum absolute atomic E-state index is 0.187. The molecule has 0 saturated carbocycles. The number of hydrogen-bond acceptors (Lipinski definition) is 9. The summed E-state index contributed by atoms with van der Waals surface area (Å²) in [5, 5.41) is 0. The second kappa shape index (κ2) is 9.22. The van der Waals surface area contributed by atoms with E-state index in [0.717, 1.165) is 0 Å². The van der Waals surface area contributed by atoms with Crippen LogP contribution in [0.4, 0.5) is 0 Å². The van der Waals surface area contributed by atoms with Crippen molar-refractivity contribution in [3.63, 3.8) is 0 Å². The highest BCUT2D eigenvalue weighted by Crippen LogP contribution is 2.30. The molecule has 1 aromatic rings. The number of carbonyl (C=O) groups excluding carboxylic acids is 3. The van der Waals surface area contributed by atoms with Crippen LogP contribution in [0.25, 0.3) is 0 Å². The molecule has 0 aromatic heterocycles. The van der Waals surface area contributed by atoms with E-state index < -0.39 is 42.5 Å². The second-order valence-electron chi connectivity index (χ2n) is 5.79. The van der Waals surface area contributed by atoms with Crippen molar-refractivity contribution in [2.75, 3.05) is 13.7 Å². The number of methoxy groups -OCH3 is 1. The predicted molar refractivity (Wildman–Crippen MR) is 90.0 cm³/mol. The first-order valence-corrected chi connectivity index (χ1v) is 8.24. The summed E-state index contributed by atoms with van der Waals surface area (Å²) in [5.41, 5.74) is 0. The maximum absolute atomic E-state index is 11.5. The molecule has 0 spiro atoms. The van der Waals surface area contributed by atoms with Gasteiger partial charge in [-0.05, 0) is 24.3 Å². The lowest BCUT2D eigenvalue weighted by Gasteiger charge is -2.23. The molecule has 148 valence electrons. The molecular weight excluding hydrogens is 360 g/mol. The molecule has 0 amide bonds. The average Bonchev–Trinajstić information content (AvgIpc) is 2.89. The molecule has 0 unspecified atom stereocenters. The minimum Gasteiger partial charge on any atom is -0.497 e. The fourth-order valence-electron chi connectivity index (χ4n) is 2.56. The second-order valence-corrected chi connectivity index (χ2v) is 5.79. The summed E-state index contributed by atoms with van der Waals surface area (Å²) >= 11 is 0. The van der Waals surface area contributed by atoms with Crippen molar-refractivity contribution >= 4 is 17.9 Å². The molecule has 0 radical (unpaired) electrons. The maximum atomic E-state index is 11.5. The fourth-order valence-corrected chi connectivity index (χ4v) is 2.56. The number of benzene rings is 1. The Bertz CT molecular complexity index is 670. The van der Waals surface area contributed by atoms with Crippen LogP contribution in [0.5, 0.6) is 11.5 Å². The average molecular weight is 382 g/mol. The van der Waals surface area contributed by atoms with Gasteiger partial charge in [0.1, 0.15) is 24.2 Å². The van der Waals surface area contributed by atoms with Gasteiger partial charge in [0, 0.05) is 20.8 Å². The summed E-state index contributed by atoms with van der Waals surface area (Å²) < 4.78 is 32.0. The number of esters is 3. The van der Waals surface area contributed by atoms with Gasteiger partial charge in [-0.2, -0.15) is 0 Å². The lowest BCUT2D eigenvalue weighted by Crippen LogP contribution is -2.42. The summed E-state index contributed by atoms with van der Waals surface area (Å²) in [5.74, 6) is -0.663. The third-order valence-corrected chi connectivity index (χ3v) is 3.63. The largest absolute Gasteiger partial charge is 0.497 e. The molecule has 27 heavy (non-hydrogen) atoms. The monoisotopic (exact) mass is 382 g/mol. The van der Waals surface area contributed by atoms with Crippen molar-refractivity contribution in [2.45, 2.75) is 45.4 Å². The van der Waals surface area contributed by atoms with E-state index in [2.05, 4.69) is 0 Å². The maximum Gasteiger partial charge on any atom is 0.303 e. The van der Waals surface area contributed by atoms with Gasteiger partial charge < -0.3 is 28.4 Å². The fraction of sp³-hybridized carbons (Fsp3) is 0.500. The van der Waals surface area contributed by atoms with E-state index in [1.54, 1.807) is 24.3 Å². The molecular formula is C18H22O9. The van der Waals surface area contributed by atoms with Crippen LogP contribution in [-0.4, -0.2) is 56.2 Å². The summed E-state index contributed by atoms with van der Waals surface area (Å²) in [7, 11) is 1.54. The third kappa shape index (κ3) is 5.85.